The molecule has 1 fully saturated rings. The highest BCUT2D eigenvalue weighted by Gasteiger charge is 2.45. The van der Waals surface area contributed by atoms with Crippen LogP contribution in [0.2, 0.25) is 0 Å². The van der Waals surface area contributed by atoms with Crippen molar-refractivity contribution in [2.75, 3.05) is 20.2 Å². The summed E-state index contributed by atoms with van der Waals surface area (Å²) in [5, 5.41) is 6.12. The predicted octanol–water partition coefficient (Wildman–Crippen LogP) is 0.936. The number of methoxy groups -OCH3 is 1. The van der Waals surface area contributed by atoms with Crippen LogP contribution in [0.15, 0.2) is 0 Å². The highest BCUT2D eigenvalue weighted by Crippen LogP contribution is 2.34. The van der Waals surface area contributed by atoms with Gasteiger partial charge in [-0.1, -0.05) is 27.7 Å². The van der Waals surface area contributed by atoms with Crippen LogP contribution >= 0.6 is 0 Å². The van der Waals surface area contributed by atoms with E-state index in [2.05, 4.69) is 24.5 Å². The zero-order valence-corrected chi connectivity index (χ0v) is 12.6. The molecule has 0 aromatic rings. The van der Waals surface area contributed by atoms with Crippen LogP contribution in [-0.4, -0.2) is 38.1 Å². The average Bonchev–Trinajstić information content (AvgIpc) is 2.84. The van der Waals surface area contributed by atoms with Crippen molar-refractivity contribution in [2.45, 2.75) is 40.2 Å². The van der Waals surface area contributed by atoms with E-state index >= 15 is 0 Å². The van der Waals surface area contributed by atoms with Crippen molar-refractivity contribution in [2.24, 2.45) is 17.3 Å². The molecule has 0 aromatic carbocycles. The number of rotatable bonds is 5. The number of ether oxygens (including phenoxy) is 1. The second-order valence-corrected chi connectivity index (χ2v) is 5.96. The Morgan fingerprint density at radius 3 is 2.26 bits per heavy atom. The lowest BCUT2D eigenvalue weighted by molar-refractivity contribution is -0.148. The zero-order valence-electron chi connectivity index (χ0n) is 12.6. The number of hydrogen-bond donors (Lipinski definition) is 2. The molecule has 0 saturated carbocycles. The van der Waals surface area contributed by atoms with Crippen LogP contribution in [0.25, 0.3) is 0 Å². The SMILES string of the molecule is COC(=O)C(NC(=O)C1(C(C)C)CCNC1)C(C)C. The van der Waals surface area contributed by atoms with Crippen molar-refractivity contribution in [3.05, 3.63) is 0 Å². The Hall–Kier alpha value is -1.10. The van der Waals surface area contributed by atoms with E-state index in [1.54, 1.807) is 0 Å². The molecule has 1 saturated heterocycles. The first-order valence-electron chi connectivity index (χ1n) is 6.94. The second kappa shape index (κ2) is 6.37. The minimum atomic E-state index is -0.575. The first-order chi connectivity index (χ1) is 8.85. The number of nitrogens with one attached hydrogen (secondary N) is 2. The predicted molar refractivity (Wildman–Crippen MR) is 73.5 cm³/mol. The molecule has 1 aliphatic heterocycles. The Balaban J connectivity index is 2.83. The van der Waals surface area contributed by atoms with Gasteiger partial charge in [0.1, 0.15) is 6.04 Å². The molecule has 0 aromatic heterocycles. The van der Waals surface area contributed by atoms with Gasteiger partial charge in [-0.3, -0.25) is 4.79 Å². The fraction of sp³-hybridized carbons (Fsp3) is 0.857. The molecule has 5 heteroatoms. The van der Waals surface area contributed by atoms with E-state index in [1.807, 2.05) is 13.8 Å². The maximum atomic E-state index is 12.6. The molecule has 1 aliphatic rings. The smallest absolute Gasteiger partial charge is 0.328 e. The van der Waals surface area contributed by atoms with E-state index in [9.17, 15) is 9.59 Å². The molecule has 1 heterocycles. The van der Waals surface area contributed by atoms with Gasteiger partial charge in [0.2, 0.25) is 5.91 Å². The quantitative estimate of drug-likeness (QED) is 0.730. The van der Waals surface area contributed by atoms with Gasteiger partial charge in [-0.2, -0.15) is 0 Å². The van der Waals surface area contributed by atoms with E-state index in [0.29, 0.717) is 6.54 Å². The summed E-state index contributed by atoms with van der Waals surface area (Å²) < 4.78 is 4.76. The van der Waals surface area contributed by atoms with Crippen LogP contribution in [0, 0.1) is 17.3 Å². The summed E-state index contributed by atoms with van der Waals surface area (Å²) in [5.74, 6) is -0.187. The molecular formula is C14H26N2O3. The summed E-state index contributed by atoms with van der Waals surface area (Å²) >= 11 is 0. The molecule has 1 rings (SSSR count). The summed E-state index contributed by atoms with van der Waals surface area (Å²) in [5.41, 5.74) is -0.416. The topological polar surface area (TPSA) is 67.4 Å². The van der Waals surface area contributed by atoms with Crippen molar-refractivity contribution in [1.82, 2.24) is 10.6 Å². The van der Waals surface area contributed by atoms with Gasteiger partial charge in [0.15, 0.2) is 0 Å². The van der Waals surface area contributed by atoms with Crippen molar-refractivity contribution in [3.8, 4) is 0 Å². The lowest BCUT2D eigenvalue weighted by Crippen LogP contribution is -2.53. The Bertz CT molecular complexity index is 334. The van der Waals surface area contributed by atoms with Crippen molar-refractivity contribution in [3.63, 3.8) is 0 Å². The highest BCUT2D eigenvalue weighted by molar-refractivity contribution is 5.88. The minimum Gasteiger partial charge on any atom is -0.467 e. The van der Waals surface area contributed by atoms with Gasteiger partial charge < -0.3 is 15.4 Å². The number of amides is 1. The first-order valence-corrected chi connectivity index (χ1v) is 6.94. The van der Waals surface area contributed by atoms with Crippen molar-refractivity contribution < 1.29 is 14.3 Å². The number of esters is 1. The van der Waals surface area contributed by atoms with Gasteiger partial charge in [-0.25, -0.2) is 4.79 Å². The van der Waals surface area contributed by atoms with E-state index in [1.165, 1.54) is 7.11 Å². The summed E-state index contributed by atoms with van der Waals surface area (Å²) in [4.78, 5) is 24.3. The van der Waals surface area contributed by atoms with Crippen molar-refractivity contribution in [1.29, 1.82) is 0 Å². The second-order valence-electron chi connectivity index (χ2n) is 5.96. The summed E-state index contributed by atoms with van der Waals surface area (Å²) in [7, 11) is 1.35. The summed E-state index contributed by atoms with van der Waals surface area (Å²) in [6.07, 6.45) is 0.808. The summed E-state index contributed by atoms with van der Waals surface area (Å²) in [6.45, 7) is 9.41. The molecule has 19 heavy (non-hydrogen) atoms. The molecular weight excluding hydrogens is 244 g/mol. The molecule has 2 unspecified atom stereocenters. The maximum absolute atomic E-state index is 12.6. The summed E-state index contributed by atoms with van der Waals surface area (Å²) in [6, 6.07) is -0.575. The van der Waals surface area contributed by atoms with Crippen molar-refractivity contribution >= 4 is 11.9 Å². The van der Waals surface area contributed by atoms with Gasteiger partial charge in [-0.15, -0.1) is 0 Å². The first kappa shape index (κ1) is 16.0. The third-order valence-electron chi connectivity index (χ3n) is 4.15. The molecule has 0 aliphatic carbocycles. The van der Waals surface area contributed by atoms with Gasteiger partial charge >= 0.3 is 5.97 Å². The van der Waals surface area contributed by atoms with Crippen LogP contribution in [0.3, 0.4) is 0 Å². The fourth-order valence-electron chi connectivity index (χ4n) is 2.57. The number of hydrogen-bond acceptors (Lipinski definition) is 4. The van der Waals surface area contributed by atoms with E-state index in [0.717, 1.165) is 13.0 Å². The maximum Gasteiger partial charge on any atom is 0.328 e. The monoisotopic (exact) mass is 270 g/mol. The van der Waals surface area contributed by atoms with Gasteiger partial charge in [0.05, 0.1) is 12.5 Å². The third-order valence-corrected chi connectivity index (χ3v) is 4.15. The Labute approximate surface area is 115 Å². The molecule has 0 bridgehead atoms. The number of carbonyl (C=O) groups excluding carboxylic acids is 2. The van der Waals surface area contributed by atoms with E-state index in [-0.39, 0.29) is 23.7 Å². The third kappa shape index (κ3) is 3.26. The van der Waals surface area contributed by atoms with Gasteiger partial charge in [0, 0.05) is 6.54 Å². The molecule has 2 N–H and O–H groups in total. The van der Waals surface area contributed by atoms with Crippen LogP contribution in [0.4, 0.5) is 0 Å². The van der Waals surface area contributed by atoms with E-state index in [4.69, 9.17) is 4.74 Å². The van der Waals surface area contributed by atoms with E-state index < -0.39 is 11.5 Å². The molecule has 0 spiro atoms. The minimum absolute atomic E-state index is 0.00924. The largest absolute Gasteiger partial charge is 0.467 e. The highest BCUT2D eigenvalue weighted by atomic mass is 16.5. The van der Waals surface area contributed by atoms with Gasteiger partial charge in [-0.05, 0) is 24.8 Å². The Morgan fingerprint density at radius 2 is 1.89 bits per heavy atom. The fourth-order valence-corrected chi connectivity index (χ4v) is 2.57. The van der Waals surface area contributed by atoms with Crippen LogP contribution in [0.1, 0.15) is 34.1 Å². The molecule has 5 nitrogen and oxygen atoms in total. The Morgan fingerprint density at radius 1 is 1.26 bits per heavy atom. The number of carbonyl (C=O) groups is 2. The average molecular weight is 270 g/mol. The molecule has 0 radical (unpaired) electrons. The standard InChI is InChI=1S/C14H26N2O3/c1-9(2)11(12(17)19-5)16-13(18)14(10(3)4)6-7-15-8-14/h9-11,15H,6-8H2,1-5H3,(H,16,18). The molecule has 110 valence electrons. The lowest BCUT2D eigenvalue weighted by Gasteiger charge is -2.33. The lowest BCUT2D eigenvalue weighted by atomic mass is 9.75. The van der Waals surface area contributed by atoms with Crippen LogP contribution in [0.5, 0.6) is 0 Å². The van der Waals surface area contributed by atoms with Crippen LogP contribution in [-0.2, 0) is 14.3 Å². The van der Waals surface area contributed by atoms with Crippen LogP contribution < -0.4 is 10.6 Å². The normalized spacial score (nSPS) is 24.6. The van der Waals surface area contributed by atoms with Gasteiger partial charge in [0.25, 0.3) is 0 Å². The molecule has 2 atom stereocenters. The zero-order chi connectivity index (χ0) is 14.6. The molecule has 1 amide bonds. The Kier molecular flexibility index (Phi) is 5.35.